The number of hydrogen-bond donors (Lipinski definition) is 1. The fraction of sp³-hybridized carbons (Fsp3) is 0.333. The summed E-state index contributed by atoms with van der Waals surface area (Å²) in [6, 6.07) is 19.3. The Morgan fingerprint density at radius 1 is 1.06 bits per heavy atom. The normalized spacial score (nSPS) is 17.2. The Morgan fingerprint density at radius 2 is 1.75 bits per heavy atom. The van der Waals surface area contributed by atoms with Crippen molar-refractivity contribution in [3.8, 4) is 11.3 Å². The third-order valence-corrected chi connectivity index (χ3v) is 7.00. The number of nitrogens with zero attached hydrogens (tertiary/aromatic N) is 3. The maximum atomic E-state index is 12.9. The first kappa shape index (κ1) is 22.2. The number of benzene rings is 2. The van der Waals surface area contributed by atoms with Crippen molar-refractivity contribution in [2.45, 2.75) is 38.4 Å². The van der Waals surface area contributed by atoms with E-state index in [1.165, 1.54) is 10.6 Å². The molecule has 2 heterocycles. The van der Waals surface area contributed by atoms with E-state index in [0.29, 0.717) is 19.5 Å². The van der Waals surface area contributed by atoms with Gasteiger partial charge in [-0.1, -0.05) is 67.1 Å². The quantitative estimate of drug-likeness (QED) is 0.597. The van der Waals surface area contributed by atoms with Gasteiger partial charge in [0.2, 0.25) is 15.9 Å². The van der Waals surface area contributed by atoms with Crippen LogP contribution in [0.4, 0.5) is 0 Å². The number of piperidine rings is 1. The summed E-state index contributed by atoms with van der Waals surface area (Å²) in [6.07, 6.45) is 5.28. The van der Waals surface area contributed by atoms with E-state index in [-0.39, 0.29) is 12.5 Å². The summed E-state index contributed by atoms with van der Waals surface area (Å²) in [5.41, 5.74) is 3.81. The van der Waals surface area contributed by atoms with Crippen molar-refractivity contribution >= 4 is 15.9 Å². The number of rotatable bonds is 7. The number of nitrogens with one attached hydrogen (secondary N) is 1. The van der Waals surface area contributed by atoms with E-state index in [4.69, 9.17) is 5.10 Å². The monoisotopic (exact) mass is 452 g/mol. The second kappa shape index (κ2) is 9.67. The Labute approximate surface area is 189 Å². The highest BCUT2D eigenvalue weighted by molar-refractivity contribution is 7.88. The number of carbonyl (C=O) groups is 1. The molecule has 2 aromatic carbocycles. The van der Waals surface area contributed by atoms with Crippen molar-refractivity contribution in [2.24, 2.45) is 0 Å². The summed E-state index contributed by atoms with van der Waals surface area (Å²) in [4.78, 5) is 12.9. The van der Waals surface area contributed by atoms with Crippen LogP contribution in [0.3, 0.4) is 0 Å². The molecule has 3 aromatic rings. The molecule has 8 heteroatoms. The smallest absolute Gasteiger partial charge is 0.238 e. The van der Waals surface area contributed by atoms with Crippen LogP contribution in [0.15, 0.2) is 66.9 Å². The molecular weight excluding hydrogens is 424 g/mol. The van der Waals surface area contributed by atoms with Crippen LogP contribution in [0.25, 0.3) is 11.3 Å². The minimum atomic E-state index is -3.43. The van der Waals surface area contributed by atoms with Gasteiger partial charge < -0.3 is 5.32 Å². The molecule has 1 N–H and O–H groups in total. The van der Waals surface area contributed by atoms with E-state index in [0.717, 1.165) is 35.2 Å². The van der Waals surface area contributed by atoms with E-state index < -0.39 is 16.1 Å². The fourth-order valence-electron chi connectivity index (χ4n) is 4.15. The van der Waals surface area contributed by atoms with Crippen LogP contribution >= 0.6 is 0 Å². The van der Waals surface area contributed by atoms with Gasteiger partial charge in [-0.25, -0.2) is 8.42 Å². The molecule has 0 bridgehead atoms. The summed E-state index contributed by atoms with van der Waals surface area (Å²) in [5, 5.41) is 7.74. The van der Waals surface area contributed by atoms with Crippen LogP contribution in [-0.4, -0.2) is 47.3 Å². The van der Waals surface area contributed by atoms with Gasteiger partial charge in [-0.05, 0) is 18.4 Å². The SMILES string of the molecule is CS(=O)(=O)N1CCCCC1C(=O)NCc1cn(Cc2ccccc2)nc1-c1ccccc1. The Kier molecular flexibility index (Phi) is 6.72. The number of aromatic nitrogens is 2. The second-order valence-corrected chi connectivity index (χ2v) is 10.1. The second-order valence-electron chi connectivity index (χ2n) is 8.16. The van der Waals surface area contributed by atoms with Crippen LogP contribution < -0.4 is 5.32 Å². The van der Waals surface area contributed by atoms with Crippen molar-refractivity contribution in [3.63, 3.8) is 0 Å². The largest absolute Gasteiger partial charge is 0.350 e. The molecule has 1 fully saturated rings. The third-order valence-electron chi connectivity index (χ3n) is 5.71. The lowest BCUT2D eigenvalue weighted by Crippen LogP contribution is -2.51. The molecule has 1 atom stereocenters. The third kappa shape index (κ3) is 5.26. The van der Waals surface area contributed by atoms with Gasteiger partial charge in [-0.3, -0.25) is 9.48 Å². The number of amides is 1. The van der Waals surface area contributed by atoms with Crippen LogP contribution in [0.5, 0.6) is 0 Å². The van der Waals surface area contributed by atoms with Crippen molar-refractivity contribution in [3.05, 3.63) is 78.0 Å². The average molecular weight is 453 g/mol. The minimum Gasteiger partial charge on any atom is -0.350 e. The molecule has 0 saturated carbocycles. The fourth-order valence-corrected chi connectivity index (χ4v) is 5.27. The molecule has 7 nitrogen and oxygen atoms in total. The Bertz CT molecular complexity index is 1160. The Hall–Kier alpha value is -2.97. The molecule has 32 heavy (non-hydrogen) atoms. The first-order valence-electron chi connectivity index (χ1n) is 10.8. The topological polar surface area (TPSA) is 84.3 Å². The molecule has 1 saturated heterocycles. The summed E-state index contributed by atoms with van der Waals surface area (Å²) >= 11 is 0. The van der Waals surface area contributed by atoms with Gasteiger partial charge in [0.15, 0.2) is 0 Å². The van der Waals surface area contributed by atoms with Crippen molar-refractivity contribution in [2.75, 3.05) is 12.8 Å². The molecule has 1 amide bonds. The van der Waals surface area contributed by atoms with E-state index in [1.807, 2.05) is 71.5 Å². The van der Waals surface area contributed by atoms with Gasteiger partial charge in [-0.2, -0.15) is 9.40 Å². The predicted molar refractivity (Wildman–Crippen MR) is 124 cm³/mol. The number of carbonyl (C=O) groups excluding carboxylic acids is 1. The predicted octanol–water partition coefficient (Wildman–Crippen LogP) is 3.03. The molecule has 0 radical (unpaired) electrons. The molecular formula is C24H28N4O3S. The molecule has 1 aliphatic rings. The Morgan fingerprint density at radius 3 is 2.44 bits per heavy atom. The van der Waals surface area contributed by atoms with Crippen LogP contribution in [0.1, 0.15) is 30.4 Å². The first-order chi connectivity index (χ1) is 15.4. The van der Waals surface area contributed by atoms with Gasteiger partial charge >= 0.3 is 0 Å². The van der Waals surface area contributed by atoms with Gasteiger partial charge in [0.05, 0.1) is 18.5 Å². The maximum absolute atomic E-state index is 12.9. The zero-order chi connectivity index (χ0) is 22.6. The molecule has 168 valence electrons. The molecule has 1 aromatic heterocycles. The summed E-state index contributed by atoms with van der Waals surface area (Å²) < 4.78 is 27.4. The van der Waals surface area contributed by atoms with E-state index in [2.05, 4.69) is 5.32 Å². The van der Waals surface area contributed by atoms with Gasteiger partial charge in [0.25, 0.3) is 0 Å². The maximum Gasteiger partial charge on any atom is 0.238 e. The van der Waals surface area contributed by atoms with Crippen molar-refractivity contribution in [1.82, 2.24) is 19.4 Å². The lowest BCUT2D eigenvalue weighted by Gasteiger charge is -2.32. The standard InChI is InChI=1S/C24H28N4O3S/c1-32(30,31)28-15-9-8-14-22(28)24(29)25-16-21-18-27(17-19-10-4-2-5-11-19)26-23(21)20-12-6-3-7-13-20/h2-7,10-13,18,22H,8-9,14-17H2,1H3,(H,25,29). The van der Waals surface area contributed by atoms with Crippen molar-refractivity contribution < 1.29 is 13.2 Å². The first-order valence-corrected chi connectivity index (χ1v) is 12.7. The average Bonchev–Trinajstić information content (AvgIpc) is 3.20. The van der Waals surface area contributed by atoms with E-state index >= 15 is 0 Å². The number of sulfonamides is 1. The highest BCUT2D eigenvalue weighted by atomic mass is 32.2. The van der Waals surface area contributed by atoms with Gasteiger partial charge in [0.1, 0.15) is 6.04 Å². The van der Waals surface area contributed by atoms with Crippen molar-refractivity contribution in [1.29, 1.82) is 0 Å². The molecule has 4 rings (SSSR count). The van der Waals surface area contributed by atoms with Crippen LogP contribution in [0.2, 0.25) is 0 Å². The lowest BCUT2D eigenvalue weighted by atomic mass is 10.0. The van der Waals surface area contributed by atoms with E-state index in [1.54, 1.807) is 0 Å². The molecule has 0 aliphatic carbocycles. The van der Waals surface area contributed by atoms with Gasteiger partial charge in [-0.15, -0.1) is 0 Å². The molecule has 0 spiro atoms. The molecule has 1 unspecified atom stereocenters. The number of hydrogen-bond acceptors (Lipinski definition) is 4. The highest BCUT2D eigenvalue weighted by Gasteiger charge is 2.34. The lowest BCUT2D eigenvalue weighted by molar-refractivity contribution is -0.125. The summed E-state index contributed by atoms with van der Waals surface area (Å²) in [5.74, 6) is -0.259. The Balaban J connectivity index is 1.55. The summed E-state index contributed by atoms with van der Waals surface area (Å²) in [6.45, 7) is 1.30. The zero-order valence-corrected chi connectivity index (χ0v) is 19.0. The van der Waals surface area contributed by atoms with Crippen LogP contribution in [0, 0.1) is 0 Å². The highest BCUT2D eigenvalue weighted by Crippen LogP contribution is 2.24. The zero-order valence-electron chi connectivity index (χ0n) is 18.1. The van der Waals surface area contributed by atoms with E-state index in [9.17, 15) is 13.2 Å². The summed E-state index contributed by atoms with van der Waals surface area (Å²) in [7, 11) is -3.43. The van der Waals surface area contributed by atoms with Gasteiger partial charge in [0, 0.05) is 30.4 Å². The molecule has 1 aliphatic heterocycles. The van der Waals surface area contributed by atoms with Crippen LogP contribution in [-0.2, 0) is 27.9 Å². The minimum absolute atomic E-state index is 0.259.